The average Bonchev–Trinajstić information content (AvgIpc) is 2.31. The minimum absolute atomic E-state index is 0.213. The summed E-state index contributed by atoms with van der Waals surface area (Å²) in [5.74, 6) is 1.67. The van der Waals surface area contributed by atoms with Crippen LogP contribution in [-0.4, -0.2) is 13.1 Å². The third kappa shape index (κ3) is 3.68. The minimum atomic E-state index is 0.213. The van der Waals surface area contributed by atoms with E-state index in [9.17, 15) is 0 Å². The highest BCUT2D eigenvalue weighted by atomic mass is 15.0. The molecule has 140 valence electrons. The first kappa shape index (κ1) is 19.0. The van der Waals surface area contributed by atoms with E-state index in [1.807, 2.05) is 0 Å². The van der Waals surface area contributed by atoms with Crippen LogP contribution in [0.15, 0.2) is 18.2 Å². The van der Waals surface area contributed by atoms with E-state index < -0.39 is 0 Å². The normalized spacial score (nSPS) is 20.3. The zero-order valence-electron chi connectivity index (χ0n) is 17.6. The van der Waals surface area contributed by atoms with Gasteiger partial charge in [-0.1, -0.05) is 73.1 Å². The van der Waals surface area contributed by atoms with E-state index in [-0.39, 0.29) is 10.8 Å². The van der Waals surface area contributed by atoms with Gasteiger partial charge in [-0.15, -0.1) is 0 Å². The molecule has 1 nitrogen and oxygen atoms in total. The van der Waals surface area contributed by atoms with Crippen LogP contribution in [0.1, 0.15) is 84.4 Å². The van der Waals surface area contributed by atoms with Crippen molar-refractivity contribution in [1.82, 2.24) is 5.32 Å². The van der Waals surface area contributed by atoms with E-state index in [1.165, 1.54) is 31.2 Å². The van der Waals surface area contributed by atoms with Crippen LogP contribution in [0.2, 0.25) is 0 Å². The zero-order chi connectivity index (χ0) is 18.5. The molecule has 1 saturated heterocycles. The van der Waals surface area contributed by atoms with Gasteiger partial charge in [0, 0.05) is 13.1 Å². The summed E-state index contributed by atoms with van der Waals surface area (Å²) in [5, 5.41) is 3.49. The highest BCUT2D eigenvalue weighted by molar-refractivity contribution is 5.41. The van der Waals surface area contributed by atoms with Crippen molar-refractivity contribution in [2.45, 2.75) is 85.0 Å². The standard InChI is InChI=1S/C24H39N/c1-22(2,3)19-12-11-17(14-23(4,5)18-9-8-10-18)21(13-19)24(6,7)20-15-25-16-20/h11-13,18,20,25H,8-10,14-16H2,1-7H3. The van der Waals surface area contributed by atoms with Crippen molar-refractivity contribution in [1.29, 1.82) is 0 Å². The summed E-state index contributed by atoms with van der Waals surface area (Å²) in [5.41, 5.74) is 5.57. The maximum atomic E-state index is 3.49. The van der Waals surface area contributed by atoms with Crippen LogP contribution in [-0.2, 0) is 17.3 Å². The average molecular weight is 342 g/mol. The summed E-state index contributed by atoms with van der Waals surface area (Å²) < 4.78 is 0. The van der Waals surface area contributed by atoms with Gasteiger partial charge in [0.15, 0.2) is 0 Å². The first-order valence-corrected chi connectivity index (χ1v) is 10.4. The van der Waals surface area contributed by atoms with Crippen LogP contribution < -0.4 is 5.32 Å². The van der Waals surface area contributed by atoms with Gasteiger partial charge in [0.2, 0.25) is 0 Å². The van der Waals surface area contributed by atoms with Gasteiger partial charge in [0.1, 0.15) is 0 Å². The van der Waals surface area contributed by atoms with E-state index in [2.05, 4.69) is 72.0 Å². The van der Waals surface area contributed by atoms with E-state index >= 15 is 0 Å². The molecule has 0 spiro atoms. The molecule has 0 aromatic heterocycles. The van der Waals surface area contributed by atoms with Crippen molar-refractivity contribution in [2.75, 3.05) is 13.1 Å². The summed E-state index contributed by atoms with van der Waals surface area (Å²) in [7, 11) is 0. The maximum absolute atomic E-state index is 3.49. The molecule has 0 unspecified atom stereocenters. The number of benzene rings is 1. The predicted octanol–water partition coefficient (Wildman–Crippen LogP) is 5.85. The molecule has 2 aliphatic rings. The van der Waals surface area contributed by atoms with E-state index in [0.29, 0.717) is 5.41 Å². The largest absolute Gasteiger partial charge is 0.316 e. The molecule has 0 bridgehead atoms. The van der Waals surface area contributed by atoms with Crippen LogP contribution in [0.3, 0.4) is 0 Å². The molecule has 0 amide bonds. The van der Waals surface area contributed by atoms with Crippen LogP contribution in [0, 0.1) is 17.3 Å². The van der Waals surface area contributed by atoms with Crippen molar-refractivity contribution in [3.63, 3.8) is 0 Å². The van der Waals surface area contributed by atoms with E-state index in [0.717, 1.165) is 24.9 Å². The number of rotatable bonds is 5. The topological polar surface area (TPSA) is 12.0 Å². The molecule has 1 aromatic carbocycles. The lowest BCUT2D eigenvalue weighted by atomic mass is 9.62. The van der Waals surface area contributed by atoms with E-state index in [1.54, 1.807) is 11.1 Å². The Hall–Kier alpha value is -0.820. The van der Waals surface area contributed by atoms with Gasteiger partial charge in [-0.2, -0.15) is 0 Å². The van der Waals surface area contributed by atoms with Crippen molar-refractivity contribution < 1.29 is 0 Å². The fraction of sp³-hybridized carbons (Fsp3) is 0.750. The Bertz CT molecular complexity index is 609. The molecule has 1 heterocycles. The van der Waals surface area contributed by atoms with Gasteiger partial charge in [0.25, 0.3) is 0 Å². The summed E-state index contributed by atoms with van der Waals surface area (Å²) >= 11 is 0. The lowest BCUT2D eigenvalue weighted by molar-refractivity contribution is 0.120. The Labute approximate surface area is 156 Å². The summed E-state index contributed by atoms with van der Waals surface area (Å²) in [4.78, 5) is 0. The highest BCUT2D eigenvalue weighted by Crippen LogP contribution is 2.46. The summed E-state index contributed by atoms with van der Waals surface area (Å²) in [6.07, 6.45) is 5.51. The minimum Gasteiger partial charge on any atom is -0.316 e. The SMILES string of the molecule is CC(C)(C)c1ccc(CC(C)(C)C2CCC2)c(C(C)(C)C2CNC2)c1. The molecule has 3 rings (SSSR count). The quantitative estimate of drug-likeness (QED) is 0.708. The molecule has 25 heavy (non-hydrogen) atoms. The number of nitrogens with one attached hydrogen (secondary N) is 1. The molecular weight excluding hydrogens is 302 g/mol. The Balaban J connectivity index is 1.98. The van der Waals surface area contributed by atoms with Gasteiger partial charge in [0.05, 0.1) is 0 Å². The Kier molecular flexibility index (Phi) is 4.86. The monoisotopic (exact) mass is 341 g/mol. The molecule has 1 aliphatic heterocycles. The van der Waals surface area contributed by atoms with Crippen molar-refractivity contribution in [3.8, 4) is 0 Å². The first-order valence-electron chi connectivity index (χ1n) is 10.4. The van der Waals surface area contributed by atoms with Gasteiger partial charge in [-0.25, -0.2) is 0 Å². The van der Waals surface area contributed by atoms with Gasteiger partial charge in [-0.05, 0) is 64.0 Å². The highest BCUT2D eigenvalue weighted by Gasteiger charge is 2.39. The third-order valence-corrected chi connectivity index (χ3v) is 7.33. The lowest BCUT2D eigenvalue weighted by Gasteiger charge is -2.45. The van der Waals surface area contributed by atoms with Gasteiger partial charge < -0.3 is 5.32 Å². The Morgan fingerprint density at radius 1 is 0.920 bits per heavy atom. The van der Waals surface area contributed by atoms with Gasteiger partial charge >= 0.3 is 0 Å². The molecule has 2 fully saturated rings. The molecule has 1 saturated carbocycles. The lowest BCUT2D eigenvalue weighted by Crippen LogP contribution is -2.52. The van der Waals surface area contributed by atoms with Crippen LogP contribution in [0.4, 0.5) is 0 Å². The van der Waals surface area contributed by atoms with Crippen molar-refractivity contribution in [3.05, 3.63) is 34.9 Å². The van der Waals surface area contributed by atoms with Crippen molar-refractivity contribution >= 4 is 0 Å². The second-order valence-electron chi connectivity index (χ2n) is 11.0. The molecule has 1 aromatic rings. The summed E-state index contributed by atoms with van der Waals surface area (Å²) in [6, 6.07) is 7.40. The number of hydrogen-bond acceptors (Lipinski definition) is 1. The fourth-order valence-corrected chi connectivity index (χ4v) is 4.64. The van der Waals surface area contributed by atoms with Crippen LogP contribution >= 0.6 is 0 Å². The molecule has 0 atom stereocenters. The van der Waals surface area contributed by atoms with E-state index in [4.69, 9.17) is 0 Å². The molecular formula is C24H39N. The molecule has 1 N–H and O–H groups in total. The summed E-state index contributed by atoms with van der Waals surface area (Å²) in [6.45, 7) is 19.3. The van der Waals surface area contributed by atoms with Gasteiger partial charge in [-0.3, -0.25) is 0 Å². The second-order valence-corrected chi connectivity index (χ2v) is 11.0. The zero-order valence-corrected chi connectivity index (χ0v) is 17.6. The van der Waals surface area contributed by atoms with Crippen LogP contribution in [0.5, 0.6) is 0 Å². The Morgan fingerprint density at radius 2 is 1.56 bits per heavy atom. The first-order chi connectivity index (χ1) is 11.5. The molecule has 1 aliphatic carbocycles. The Morgan fingerprint density at radius 3 is 2.00 bits per heavy atom. The molecule has 1 heteroatoms. The smallest absolute Gasteiger partial charge is 0.0000107 e. The molecule has 0 radical (unpaired) electrons. The predicted molar refractivity (Wildman–Crippen MR) is 109 cm³/mol. The number of hydrogen-bond donors (Lipinski definition) is 1. The second kappa shape index (κ2) is 6.41. The third-order valence-electron chi connectivity index (χ3n) is 7.33. The van der Waals surface area contributed by atoms with Crippen molar-refractivity contribution in [2.24, 2.45) is 17.3 Å². The fourth-order valence-electron chi connectivity index (χ4n) is 4.64. The maximum Gasteiger partial charge on any atom is 0.0000107 e. The van der Waals surface area contributed by atoms with Crippen LogP contribution in [0.25, 0.3) is 0 Å².